The second-order valence-electron chi connectivity index (χ2n) is 6.50. The number of carbonyl (C=O) groups excluding carboxylic acids is 1. The van der Waals surface area contributed by atoms with E-state index >= 15 is 0 Å². The predicted molar refractivity (Wildman–Crippen MR) is 118 cm³/mol. The van der Waals surface area contributed by atoms with Crippen LogP contribution in [-0.2, 0) is 11.3 Å². The number of fused-ring (bicyclic) bond motifs is 1. The molecular weight excluding hydrogens is 408 g/mol. The number of rotatable bonds is 6. The largest absolute Gasteiger partial charge is 0.369 e. The number of aromatic nitrogens is 4. The van der Waals surface area contributed by atoms with Gasteiger partial charge in [-0.2, -0.15) is 0 Å². The first-order chi connectivity index (χ1) is 14.0. The summed E-state index contributed by atoms with van der Waals surface area (Å²) in [5.41, 5.74) is 1.56. The fourth-order valence-corrected chi connectivity index (χ4v) is 4.04. The fourth-order valence-electron chi connectivity index (χ4n) is 3.02. The maximum absolute atomic E-state index is 13.1. The van der Waals surface area contributed by atoms with Crippen LogP contribution in [0.2, 0.25) is 0 Å². The molecule has 148 valence electrons. The molecule has 3 aromatic heterocycles. The van der Waals surface area contributed by atoms with Crippen LogP contribution in [0.3, 0.4) is 0 Å². The molecule has 0 bridgehead atoms. The Hall–Kier alpha value is -2.98. The van der Waals surface area contributed by atoms with Crippen molar-refractivity contribution in [2.75, 3.05) is 11.9 Å². The van der Waals surface area contributed by atoms with Crippen LogP contribution >= 0.6 is 24.0 Å². The van der Waals surface area contributed by atoms with Crippen molar-refractivity contribution in [3.05, 3.63) is 63.4 Å². The third kappa shape index (κ3) is 4.08. The van der Waals surface area contributed by atoms with E-state index in [1.54, 1.807) is 30.9 Å². The van der Waals surface area contributed by atoms with Gasteiger partial charge in [0.25, 0.3) is 11.5 Å². The second kappa shape index (κ2) is 8.18. The molecule has 29 heavy (non-hydrogen) atoms. The van der Waals surface area contributed by atoms with Gasteiger partial charge in [-0.25, -0.2) is 9.97 Å². The Labute approximate surface area is 176 Å². The summed E-state index contributed by atoms with van der Waals surface area (Å²) < 4.78 is 3.85. The lowest BCUT2D eigenvalue weighted by atomic mass is 10.2. The number of pyridine rings is 1. The summed E-state index contributed by atoms with van der Waals surface area (Å²) in [6.45, 7) is 3.31. The van der Waals surface area contributed by atoms with Crippen molar-refractivity contribution in [3.8, 4) is 0 Å². The molecule has 0 spiro atoms. The molecule has 1 amide bonds. The van der Waals surface area contributed by atoms with Crippen LogP contribution in [0.15, 0.2) is 46.8 Å². The molecule has 1 fully saturated rings. The topological polar surface area (TPSA) is 93.3 Å². The number of anilines is 1. The summed E-state index contributed by atoms with van der Waals surface area (Å²) in [6.07, 6.45) is 9.45. The normalized spacial score (nSPS) is 15.3. The van der Waals surface area contributed by atoms with Crippen molar-refractivity contribution < 1.29 is 4.79 Å². The molecule has 3 aromatic rings. The molecule has 4 heterocycles. The van der Waals surface area contributed by atoms with Crippen molar-refractivity contribution >= 4 is 51.7 Å². The van der Waals surface area contributed by atoms with E-state index in [1.165, 1.54) is 4.40 Å². The van der Waals surface area contributed by atoms with Crippen LogP contribution in [0.5, 0.6) is 0 Å². The molecule has 0 unspecified atom stereocenters. The molecule has 1 saturated heterocycles. The number of thiocarbonyl (C=S) groups is 1. The monoisotopic (exact) mass is 426 g/mol. The molecule has 0 aliphatic carbocycles. The zero-order chi connectivity index (χ0) is 20.4. The van der Waals surface area contributed by atoms with E-state index in [-0.39, 0.29) is 11.5 Å². The average molecular weight is 427 g/mol. The minimum atomic E-state index is -0.306. The third-order valence-corrected chi connectivity index (χ3v) is 5.61. The Bertz CT molecular complexity index is 1180. The van der Waals surface area contributed by atoms with Crippen LogP contribution in [0, 0.1) is 6.92 Å². The second-order valence-corrected chi connectivity index (χ2v) is 8.22. The quantitative estimate of drug-likeness (QED) is 0.355. The summed E-state index contributed by atoms with van der Waals surface area (Å²) >= 11 is 6.18. The lowest BCUT2D eigenvalue weighted by molar-refractivity contribution is -0.115. The molecule has 10 heteroatoms. The first-order valence-corrected chi connectivity index (χ1v) is 10.2. The minimum Gasteiger partial charge on any atom is -0.369 e. The summed E-state index contributed by atoms with van der Waals surface area (Å²) in [5, 5.41) is 5.83. The van der Waals surface area contributed by atoms with Crippen LogP contribution < -0.4 is 16.2 Å². The lowest BCUT2D eigenvalue weighted by Crippen LogP contribution is -2.22. The van der Waals surface area contributed by atoms with Crippen LogP contribution in [-0.4, -0.2) is 35.7 Å². The van der Waals surface area contributed by atoms with Gasteiger partial charge >= 0.3 is 0 Å². The molecule has 4 rings (SSSR count). The highest BCUT2D eigenvalue weighted by Gasteiger charge is 2.24. The zero-order valence-corrected chi connectivity index (χ0v) is 17.2. The zero-order valence-electron chi connectivity index (χ0n) is 15.6. The van der Waals surface area contributed by atoms with E-state index < -0.39 is 0 Å². The first-order valence-electron chi connectivity index (χ1n) is 8.99. The van der Waals surface area contributed by atoms with Gasteiger partial charge in [0.05, 0.1) is 16.8 Å². The molecule has 1 aliphatic heterocycles. The van der Waals surface area contributed by atoms with E-state index in [2.05, 4.69) is 20.6 Å². The van der Waals surface area contributed by atoms with Crippen molar-refractivity contribution in [1.29, 1.82) is 0 Å². The highest BCUT2D eigenvalue weighted by Crippen LogP contribution is 2.27. The molecular formula is C19H18N6O2S2. The Balaban J connectivity index is 1.69. The minimum absolute atomic E-state index is 0.241. The molecule has 1 aliphatic rings. The van der Waals surface area contributed by atoms with Crippen molar-refractivity contribution in [2.24, 2.45) is 0 Å². The Kier molecular flexibility index (Phi) is 5.45. The Morgan fingerprint density at radius 3 is 2.93 bits per heavy atom. The summed E-state index contributed by atoms with van der Waals surface area (Å²) in [6, 6.07) is 3.70. The van der Waals surface area contributed by atoms with Crippen molar-refractivity contribution in [2.45, 2.75) is 19.9 Å². The number of carbonyl (C=O) groups is 1. The number of thioether (sulfide) groups is 1. The number of nitrogens with one attached hydrogen (secondary N) is 2. The lowest BCUT2D eigenvalue weighted by Gasteiger charge is -2.12. The predicted octanol–water partition coefficient (Wildman–Crippen LogP) is 2.19. The van der Waals surface area contributed by atoms with Gasteiger partial charge in [-0.05, 0) is 31.1 Å². The number of amides is 1. The number of nitrogens with zero attached hydrogens (tertiary/aromatic N) is 4. The van der Waals surface area contributed by atoms with Gasteiger partial charge < -0.3 is 15.2 Å². The van der Waals surface area contributed by atoms with Gasteiger partial charge in [-0.3, -0.25) is 14.0 Å². The van der Waals surface area contributed by atoms with Crippen LogP contribution in [0.1, 0.15) is 17.5 Å². The summed E-state index contributed by atoms with van der Waals surface area (Å²) in [7, 11) is 0. The third-order valence-electron chi connectivity index (χ3n) is 4.45. The van der Waals surface area contributed by atoms with Crippen LogP contribution in [0.4, 0.5) is 5.82 Å². The maximum Gasteiger partial charge on any atom is 0.267 e. The molecule has 0 aromatic carbocycles. The van der Waals surface area contributed by atoms with E-state index in [0.717, 1.165) is 30.3 Å². The number of imidazole rings is 1. The van der Waals surface area contributed by atoms with E-state index in [9.17, 15) is 9.59 Å². The van der Waals surface area contributed by atoms with Crippen molar-refractivity contribution in [1.82, 2.24) is 24.3 Å². The fraction of sp³-hybridized carbons (Fsp3) is 0.211. The molecule has 0 radical (unpaired) electrons. The first kappa shape index (κ1) is 19.3. The highest BCUT2D eigenvalue weighted by molar-refractivity contribution is 8.26. The average Bonchev–Trinajstić information content (AvgIpc) is 3.31. The van der Waals surface area contributed by atoms with Gasteiger partial charge in [0, 0.05) is 31.7 Å². The van der Waals surface area contributed by atoms with E-state index in [0.29, 0.717) is 32.8 Å². The van der Waals surface area contributed by atoms with Gasteiger partial charge in [-0.1, -0.05) is 30.0 Å². The van der Waals surface area contributed by atoms with E-state index in [1.807, 2.05) is 23.8 Å². The van der Waals surface area contributed by atoms with Gasteiger partial charge in [0.2, 0.25) is 0 Å². The number of hydrogen-bond acceptors (Lipinski definition) is 7. The van der Waals surface area contributed by atoms with Gasteiger partial charge in [-0.15, -0.1) is 0 Å². The molecule has 8 nitrogen and oxygen atoms in total. The number of aryl methyl sites for hydroxylation is 2. The summed E-state index contributed by atoms with van der Waals surface area (Å²) in [4.78, 5) is 34.3. The molecule has 2 N–H and O–H groups in total. The van der Waals surface area contributed by atoms with Crippen molar-refractivity contribution in [3.63, 3.8) is 0 Å². The van der Waals surface area contributed by atoms with E-state index in [4.69, 9.17) is 12.2 Å². The number of hydrogen-bond donors (Lipinski definition) is 2. The van der Waals surface area contributed by atoms with Crippen LogP contribution in [0.25, 0.3) is 11.7 Å². The standard InChI is InChI=1S/C19H18N6O2S2/c1-12-4-2-8-25-16(12)22-15(21-5-3-7-24-9-6-20-11-24)13(18(25)27)10-14-17(26)23-19(28)29-14/h2,4,6,8-11,21H,3,5,7H2,1H3,(H,23,26,28)/b14-10-. The summed E-state index contributed by atoms with van der Waals surface area (Å²) in [5.74, 6) is 0.147. The molecule has 0 atom stereocenters. The Morgan fingerprint density at radius 1 is 1.34 bits per heavy atom. The highest BCUT2D eigenvalue weighted by atomic mass is 32.2. The smallest absolute Gasteiger partial charge is 0.267 e. The Morgan fingerprint density at radius 2 is 2.21 bits per heavy atom. The SMILES string of the molecule is Cc1cccn2c(=O)c(/C=C3\SC(=S)NC3=O)c(NCCCn3ccnc3)nc12. The van der Waals surface area contributed by atoms with Gasteiger partial charge in [0.1, 0.15) is 15.8 Å². The molecule has 0 saturated carbocycles. The van der Waals surface area contributed by atoms with Gasteiger partial charge in [0.15, 0.2) is 0 Å². The maximum atomic E-state index is 13.1.